The molecule has 149 heavy (non-hydrogen) atoms. The molecule has 0 unspecified atom stereocenters. The van der Waals surface area contributed by atoms with Gasteiger partial charge in [0, 0.05) is 186 Å². The number of cyclic esters (lactones) is 2. The first-order chi connectivity index (χ1) is 70.7. The summed E-state index contributed by atoms with van der Waals surface area (Å²) < 4.78 is 108. The Bertz CT molecular complexity index is 5670. The van der Waals surface area contributed by atoms with Crippen molar-refractivity contribution in [3.05, 3.63) is 167 Å². The Morgan fingerprint density at radius 3 is 1.41 bits per heavy atom. The maximum Gasteiger partial charge on any atom is 0.416 e. The fraction of sp³-hybridized carbons (Fsp3) is 0.636. The van der Waals surface area contributed by atoms with Crippen LogP contribution in [0.1, 0.15) is 209 Å². The number of unbranched alkanes of at least 4 members (excludes halogenated alkanes) is 2. The lowest BCUT2D eigenvalue weighted by Gasteiger charge is -2.47. The number of terminal acetylenes is 1. The number of amides is 2. The van der Waals surface area contributed by atoms with Crippen LogP contribution in [-0.2, 0) is 121 Å². The number of fused-ring (bicyclic) bond motifs is 2. The van der Waals surface area contributed by atoms with Crippen molar-refractivity contribution >= 4 is 47.3 Å². The molecular weight excluding hydrogens is 1920 g/mol. The van der Waals surface area contributed by atoms with Gasteiger partial charge in [-0.25, -0.2) is 19.6 Å². The molecule has 0 saturated carbocycles. The van der Waals surface area contributed by atoms with Gasteiger partial charge in [0.2, 0.25) is 0 Å². The summed E-state index contributed by atoms with van der Waals surface area (Å²) in [4.78, 5) is 142. The van der Waals surface area contributed by atoms with Crippen LogP contribution >= 0.6 is 0 Å². The minimum Gasteiger partial charge on any atom is -0.458 e. The highest BCUT2D eigenvalue weighted by molar-refractivity contribution is 6.01. The molecule has 0 bridgehead atoms. The number of ether oxygens (including phenoxy) is 10. The van der Waals surface area contributed by atoms with E-state index in [9.17, 15) is 61.7 Å². The number of aliphatic hydroxyl groups excluding tert-OH is 2. The van der Waals surface area contributed by atoms with E-state index in [1.165, 1.54) is 51.3 Å². The summed E-state index contributed by atoms with van der Waals surface area (Å²) in [5, 5.41) is 35.8. The van der Waals surface area contributed by atoms with Crippen molar-refractivity contribution in [1.29, 1.82) is 0 Å². The number of aliphatic hydroxyl groups is 2. The average molecular weight is 2080 g/mol. The molecule has 36 nitrogen and oxygen atoms in total. The van der Waals surface area contributed by atoms with Crippen LogP contribution in [0, 0.1) is 66.6 Å². The quantitative estimate of drug-likeness (QED) is 0.00564. The number of aromatic nitrogens is 9. The van der Waals surface area contributed by atoms with E-state index in [-0.39, 0.29) is 55.9 Å². The standard InChI is InChI=1S/C55H75F3N8O10.C46H67N5O10.C9H11N3/c1-11-44-54(8)48(66(52(71)76-54)24-13-12-23-64-31-42(60-32-64)39-15-14-22-59-29-39)35(4)45(67)33(2)28-53(7,72-10)49(36(5)46(68)37(6)50(70)74-44)75-51-47(69)43(27-34(3)73-51)63(9)25-21-41-30-65(62-61-41)26-20-38-16-18-40(19-17-38)55(56,57)58;1-12-14-20-49(10)35-23-29(4)58-43(39(35)54)60-41-31(6)38(53)32(7)42(55)59-36(13-2)46(9)40(30(5)37(52)28(3)24-45(41,8)57-11)51(44(56)61-46)22-16-15-21-50-26-34(48-27-50)33-18-17-19-47-25-33;1-8-2-4-9(5-3-8)6-7-11-12-10/h14-19,22,29-37,43-44,47-49,51,69H,11-13,20-21,23-28H2,1-10H3;1,17-19,25-32,35-36,39-41,43,54H,13-16,20-24H2,2-11H3;2-5H,6-7H2,1H3/t33-,34-,35+,36+,37-,43+,44-,47-,48-,49-,51+,53-,54-;28-,29-,30+,31+,32-,35+,36-,39-,40+,41-,43+,45-,46-;/m11./s1. The number of azide groups is 1. The van der Waals surface area contributed by atoms with E-state index in [1.54, 1.807) is 134 Å². The largest absolute Gasteiger partial charge is 0.458 e. The first-order valence-electron chi connectivity index (χ1n) is 52.1. The van der Waals surface area contributed by atoms with Gasteiger partial charge in [0.05, 0.1) is 83.0 Å². The number of likely N-dealkylation sites (N-methyl/N-ethyl adjacent to an activating group) is 2. The maximum absolute atomic E-state index is 15.0. The number of rotatable bonds is 33. The lowest BCUT2D eigenvalue weighted by atomic mass is 9.73. The van der Waals surface area contributed by atoms with Crippen LogP contribution in [0.2, 0.25) is 0 Å². The minimum atomic E-state index is -4.41. The normalized spacial score (nSPS) is 31.0. The summed E-state index contributed by atoms with van der Waals surface area (Å²) in [5.74, 6) is -7.85. The van der Waals surface area contributed by atoms with E-state index in [1.807, 2.05) is 90.5 Å². The molecule has 7 aromatic rings. The van der Waals surface area contributed by atoms with Crippen LogP contribution in [0.5, 0.6) is 0 Å². The number of aryl methyl sites for hydroxylation is 5. The molecule has 0 radical (unpaired) electrons. The zero-order chi connectivity index (χ0) is 109. The number of carbonyl (C=O) groups excluding carboxylic acids is 8. The molecule has 11 heterocycles. The van der Waals surface area contributed by atoms with E-state index in [2.05, 4.69) is 77.4 Å². The summed E-state index contributed by atoms with van der Waals surface area (Å²) in [6.07, 6.45) is 12.7. The predicted molar refractivity (Wildman–Crippen MR) is 548 cm³/mol. The van der Waals surface area contributed by atoms with E-state index in [0.717, 1.165) is 46.6 Å². The number of alkyl halides is 3. The molecule has 2 aromatic carbocycles. The molecule has 13 rings (SSSR count). The van der Waals surface area contributed by atoms with Gasteiger partial charge in [0.25, 0.3) is 0 Å². The summed E-state index contributed by atoms with van der Waals surface area (Å²) in [6.45, 7) is 33.5. The number of hydrogen-bond donors (Lipinski definition) is 2. The van der Waals surface area contributed by atoms with Crippen LogP contribution in [-0.4, -0.2) is 290 Å². The number of halogens is 3. The Hall–Kier alpha value is -11.3. The van der Waals surface area contributed by atoms with Crippen LogP contribution in [0.4, 0.5) is 22.8 Å². The molecule has 0 aliphatic carbocycles. The first kappa shape index (κ1) is 118. The summed E-state index contributed by atoms with van der Waals surface area (Å²) >= 11 is 0. The number of hydrogen-bond acceptors (Lipinski definition) is 29. The summed E-state index contributed by atoms with van der Waals surface area (Å²) in [5.41, 5.74) is 9.09. The first-order valence-corrected chi connectivity index (χ1v) is 52.1. The molecule has 6 fully saturated rings. The van der Waals surface area contributed by atoms with Gasteiger partial charge >= 0.3 is 30.3 Å². The smallest absolute Gasteiger partial charge is 0.416 e. The van der Waals surface area contributed by atoms with Crippen LogP contribution in [0.15, 0.2) is 134 Å². The fourth-order valence-electron chi connectivity index (χ4n) is 22.2. The molecule has 6 saturated heterocycles. The van der Waals surface area contributed by atoms with Gasteiger partial charge in [-0.05, 0) is 207 Å². The van der Waals surface area contributed by atoms with Crippen molar-refractivity contribution < 1.29 is 109 Å². The number of benzene rings is 2. The van der Waals surface area contributed by atoms with Gasteiger partial charge < -0.3 is 81.4 Å². The van der Waals surface area contributed by atoms with Gasteiger partial charge in [-0.2, -0.15) is 13.2 Å². The molecule has 2 amide bonds. The number of nitrogens with zero attached hydrogens (tertiary/aromatic N) is 16. The zero-order valence-electron chi connectivity index (χ0n) is 90.0. The molecule has 2 N–H and O–H groups in total. The molecular formula is C110H153F3N16O20. The van der Waals surface area contributed by atoms with Gasteiger partial charge in [0.1, 0.15) is 47.8 Å². The monoisotopic (exact) mass is 2080 g/mol. The number of Topliss-reactive ketones (excluding diaryl/α,β-unsaturated/α-hetero) is 4. The fourth-order valence-corrected chi connectivity index (χ4v) is 22.2. The topological polar surface area (TPSA) is 423 Å². The van der Waals surface area contributed by atoms with Crippen molar-refractivity contribution in [2.75, 3.05) is 61.0 Å². The third-order valence-corrected chi connectivity index (χ3v) is 31.0. The van der Waals surface area contributed by atoms with E-state index in [4.69, 9.17) is 59.3 Å². The van der Waals surface area contributed by atoms with Gasteiger partial charge in [0.15, 0.2) is 35.3 Å². The Balaban J connectivity index is 0.000000258. The molecule has 39 heteroatoms. The molecule has 6 aliphatic heterocycles. The number of esters is 2. The minimum absolute atomic E-state index is 0.0574. The summed E-state index contributed by atoms with van der Waals surface area (Å²) in [6, 6.07) is 18.4. The maximum atomic E-state index is 15.0. The van der Waals surface area contributed by atoms with Crippen molar-refractivity contribution in [2.24, 2.45) is 52.5 Å². The molecule has 6 aliphatic rings. The van der Waals surface area contributed by atoms with Gasteiger partial charge in [-0.3, -0.25) is 48.3 Å². The van der Waals surface area contributed by atoms with E-state index >= 15 is 0 Å². The van der Waals surface area contributed by atoms with E-state index in [0.29, 0.717) is 109 Å². The average Bonchev–Trinajstić information content (AvgIpc) is 1.61. The van der Waals surface area contributed by atoms with Crippen molar-refractivity contribution in [3.63, 3.8) is 0 Å². The van der Waals surface area contributed by atoms with Crippen LogP contribution in [0.25, 0.3) is 33.0 Å². The second-order valence-corrected chi connectivity index (χ2v) is 42.0. The van der Waals surface area contributed by atoms with Crippen molar-refractivity contribution in [3.8, 4) is 34.9 Å². The molecule has 0 spiro atoms. The molecule has 814 valence electrons. The number of carbonyl (C=O) groups is 8. The lowest BCUT2D eigenvalue weighted by Crippen LogP contribution is -2.60. The zero-order valence-corrected chi connectivity index (χ0v) is 90.0. The number of imidazole rings is 2. The third-order valence-electron chi connectivity index (χ3n) is 31.0. The second-order valence-electron chi connectivity index (χ2n) is 42.0. The highest BCUT2D eigenvalue weighted by Crippen LogP contribution is 2.47. The third kappa shape index (κ3) is 29.0. The SMILES string of the molecule is C#CCCN(C)[C@H]1C[C@@H](C)O[C@@H](O[C@@H]2[C@@H](C)C(=O)[C@@H](C)C(=O)O[C@H](CC)[C@@]3(C)OC(=O)N(CCCCn4cnc(-c5cccnc5)c4)[C@H]3[C@@H](C)C(=O)[C@H](C)C[C@@]2(C)OC)[C@@H]1O.CC[C@H]1OC(=O)[C@H](C)C(=O)[C@H](C)[C@@H](O[C@@H]2O[C@H](C)C[C@H](N(C)CCc3cn(CCc4ccc(C(F)(F)F)cc4)nn3)[C@H]2O)[C@](C)(OC)C[C@@H](C)C(=O)[C@H](C)[C@H]2N(CCCCn3cnc(-c4cccnc4)c3)C(=O)O[C@]12C.Cc1ccc(CCN=[N+]=[N-])cc1. The Labute approximate surface area is 872 Å². The number of ketones is 4. The Morgan fingerprint density at radius 1 is 0.570 bits per heavy atom. The highest BCUT2D eigenvalue weighted by Gasteiger charge is 2.63. The number of methoxy groups -OCH3 is 2. The Morgan fingerprint density at radius 2 is 1.00 bits per heavy atom. The van der Waals surface area contributed by atoms with Gasteiger partial charge in [-0.15, -0.1) is 17.4 Å². The van der Waals surface area contributed by atoms with Crippen LogP contribution < -0.4 is 0 Å². The Kier molecular flexibility index (Phi) is 41.7. The molecule has 26 atom stereocenters. The van der Waals surface area contributed by atoms with Crippen molar-refractivity contribution in [1.82, 2.24) is 63.7 Å². The summed E-state index contributed by atoms with van der Waals surface area (Å²) in [7, 11) is 6.71. The number of pyridine rings is 2. The second kappa shape index (κ2) is 52.6. The van der Waals surface area contributed by atoms with Gasteiger partial charge in [-0.1, -0.05) is 108 Å². The van der Waals surface area contributed by atoms with E-state index < -0.39 is 191 Å². The van der Waals surface area contributed by atoms with Crippen LogP contribution in [0.3, 0.4) is 0 Å². The predicted octanol–water partition coefficient (Wildman–Crippen LogP) is 15.6. The molecule has 5 aromatic heterocycles. The van der Waals surface area contributed by atoms with Crippen molar-refractivity contribution in [2.45, 2.75) is 341 Å². The highest BCUT2D eigenvalue weighted by atomic mass is 19.4. The lowest BCUT2D eigenvalue weighted by molar-refractivity contribution is -0.296.